The third-order valence-corrected chi connectivity index (χ3v) is 6.21. The number of fused-ring (bicyclic) bond motifs is 1. The summed E-state index contributed by atoms with van der Waals surface area (Å²) in [5.74, 6) is 1.12. The van der Waals surface area contributed by atoms with Crippen LogP contribution in [0.15, 0.2) is 35.9 Å². The average molecular weight is 437 g/mol. The van der Waals surface area contributed by atoms with Crippen molar-refractivity contribution in [1.82, 2.24) is 30.7 Å². The summed E-state index contributed by atoms with van der Waals surface area (Å²) in [5.41, 5.74) is 3.15. The van der Waals surface area contributed by atoms with Crippen molar-refractivity contribution in [2.24, 2.45) is 0 Å². The number of halogens is 2. The third-order valence-electron chi connectivity index (χ3n) is 5.66. The smallest absolute Gasteiger partial charge is 0.219 e. The molecule has 0 bridgehead atoms. The molecule has 1 aromatic carbocycles. The predicted octanol–water partition coefficient (Wildman–Crippen LogP) is 1.68. The zero-order valence-corrected chi connectivity index (χ0v) is 18.1. The summed E-state index contributed by atoms with van der Waals surface area (Å²) in [6.45, 7) is 6.40. The topological polar surface area (TPSA) is 62.9 Å². The molecular formula is C20H26Cl2N6O. The molecule has 0 aliphatic carbocycles. The first-order valence-electron chi connectivity index (χ1n) is 9.81. The van der Waals surface area contributed by atoms with Crippen molar-refractivity contribution in [3.63, 3.8) is 0 Å². The number of benzene rings is 1. The van der Waals surface area contributed by atoms with Gasteiger partial charge in [0.05, 0.1) is 23.0 Å². The number of amides is 1. The average Bonchev–Trinajstić information content (AvgIpc) is 3.05. The highest BCUT2D eigenvalue weighted by Gasteiger charge is 2.35. The molecule has 3 aliphatic rings. The van der Waals surface area contributed by atoms with E-state index in [0.29, 0.717) is 10.0 Å². The van der Waals surface area contributed by atoms with Gasteiger partial charge in [-0.15, -0.1) is 0 Å². The Morgan fingerprint density at radius 1 is 1.24 bits per heavy atom. The van der Waals surface area contributed by atoms with Crippen LogP contribution in [0.1, 0.15) is 12.5 Å². The Labute approximate surface area is 181 Å². The van der Waals surface area contributed by atoms with Crippen LogP contribution in [-0.2, 0) is 4.79 Å². The summed E-state index contributed by atoms with van der Waals surface area (Å²) in [7, 11) is 1.91. The van der Waals surface area contributed by atoms with Crippen LogP contribution in [0.5, 0.6) is 0 Å². The lowest BCUT2D eigenvalue weighted by atomic mass is 10.1. The molecule has 1 unspecified atom stereocenters. The molecule has 3 aliphatic heterocycles. The van der Waals surface area contributed by atoms with Gasteiger partial charge in [-0.2, -0.15) is 0 Å². The lowest BCUT2D eigenvalue weighted by Gasteiger charge is -2.37. The highest BCUT2D eigenvalue weighted by Crippen LogP contribution is 2.34. The van der Waals surface area contributed by atoms with Crippen LogP contribution in [0.2, 0.25) is 10.0 Å². The molecule has 4 rings (SSSR count). The van der Waals surface area contributed by atoms with Crippen LogP contribution in [0.3, 0.4) is 0 Å². The third kappa shape index (κ3) is 4.13. The van der Waals surface area contributed by atoms with Crippen molar-refractivity contribution in [2.75, 3.05) is 46.3 Å². The van der Waals surface area contributed by atoms with Crippen molar-refractivity contribution in [3.8, 4) is 0 Å². The number of rotatable bonds is 4. The minimum Gasteiger partial charge on any atom is -0.374 e. The van der Waals surface area contributed by atoms with E-state index in [0.717, 1.165) is 56.4 Å². The van der Waals surface area contributed by atoms with Gasteiger partial charge in [-0.05, 0) is 18.2 Å². The fraction of sp³-hybridized carbons (Fsp3) is 0.450. The monoisotopic (exact) mass is 436 g/mol. The largest absolute Gasteiger partial charge is 0.374 e. The maximum Gasteiger partial charge on any atom is 0.219 e. The van der Waals surface area contributed by atoms with E-state index in [1.807, 2.05) is 24.1 Å². The molecule has 9 heteroatoms. The van der Waals surface area contributed by atoms with E-state index >= 15 is 0 Å². The van der Waals surface area contributed by atoms with E-state index in [-0.39, 0.29) is 12.1 Å². The molecule has 1 atom stereocenters. The van der Waals surface area contributed by atoms with Crippen molar-refractivity contribution < 1.29 is 4.79 Å². The summed E-state index contributed by atoms with van der Waals surface area (Å²) in [6, 6.07) is 5.61. The minimum absolute atomic E-state index is 0.113. The van der Waals surface area contributed by atoms with Gasteiger partial charge in [0.25, 0.3) is 0 Å². The van der Waals surface area contributed by atoms with Gasteiger partial charge in [-0.1, -0.05) is 23.2 Å². The number of piperazine rings is 1. The van der Waals surface area contributed by atoms with E-state index in [2.05, 4.69) is 32.0 Å². The minimum atomic E-state index is 0.113. The van der Waals surface area contributed by atoms with Gasteiger partial charge in [0.15, 0.2) is 0 Å². The van der Waals surface area contributed by atoms with E-state index in [9.17, 15) is 4.79 Å². The van der Waals surface area contributed by atoms with Crippen molar-refractivity contribution in [2.45, 2.75) is 13.1 Å². The number of nitrogens with zero attached hydrogens (tertiary/aromatic N) is 3. The first kappa shape index (κ1) is 20.2. The van der Waals surface area contributed by atoms with Gasteiger partial charge < -0.3 is 25.8 Å². The van der Waals surface area contributed by atoms with Crippen molar-refractivity contribution in [1.29, 1.82) is 0 Å². The predicted molar refractivity (Wildman–Crippen MR) is 116 cm³/mol. The molecule has 1 aromatic rings. The van der Waals surface area contributed by atoms with Crippen LogP contribution in [0.4, 0.5) is 0 Å². The molecule has 29 heavy (non-hydrogen) atoms. The molecular weight excluding hydrogens is 411 g/mol. The second-order valence-electron chi connectivity index (χ2n) is 7.47. The molecule has 0 aromatic heterocycles. The van der Waals surface area contributed by atoms with Crippen LogP contribution >= 0.6 is 23.2 Å². The van der Waals surface area contributed by atoms with Crippen LogP contribution in [0.25, 0.3) is 5.70 Å². The van der Waals surface area contributed by atoms with E-state index < -0.39 is 0 Å². The Morgan fingerprint density at radius 2 is 2.00 bits per heavy atom. The van der Waals surface area contributed by atoms with Crippen LogP contribution in [-0.4, -0.2) is 73.1 Å². The van der Waals surface area contributed by atoms with Crippen LogP contribution in [0, 0.1) is 0 Å². The van der Waals surface area contributed by atoms with Gasteiger partial charge in [0.1, 0.15) is 12.0 Å². The normalized spacial score (nSPS) is 22.1. The van der Waals surface area contributed by atoms with Gasteiger partial charge in [-0.25, -0.2) is 0 Å². The quantitative estimate of drug-likeness (QED) is 0.667. The fourth-order valence-electron chi connectivity index (χ4n) is 4.02. The highest BCUT2D eigenvalue weighted by molar-refractivity contribution is 6.35. The second-order valence-corrected chi connectivity index (χ2v) is 8.31. The highest BCUT2D eigenvalue weighted by atomic mass is 35.5. The first-order valence-corrected chi connectivity index (χ1v) is 10.6. The van der Waals surface area contributed by atoms with Crippen molar-refractivity contribution in [3.05, 3.63) is 51.5 Å². The molecule has 0 radical (unpaired) electrons. The Kier molecular flexibility index (Phi) is 5.81. The fourth-order valence-corrected chi connectivity index (χ4v) is 4.52. The summed E-state index contributed by atoms with van der Waals surface area (Å²) in [6.07, 6.45) is 2.21. The van der Waals surface area contributed by atoms with E-state index in [4.69, 9.17) is 23.2 Å². The summed E-state index contributed by atoms with van der Waals surface area (Å²) >= 11 is 12.7. The zero-order valence-electron chi connectivity index (χ0n) is 16.6. The molecule has 3 N–H and O–H groups in total. The maximum atomic E-state index is 11.6. The zero-order chi connectivity index (χ0) is 20.5. The standard InChI is InChI=1S/C20H26Cl2N6O/c1-13(29)27-7-5-26(6-8-27)11-17-20(15-4-3-14(21)9-16(15)22)25-19-10-24-18(23-2)12-28(17)19/h3-4,9,12,19,23-25H,5-8,10-11H2,1-2H3. The summed E-state index contributed by atoms with van der Waals surface area (Å²) < 4.78 is 0. The number of hydrogen-bond donors (Lipinski definition) is 3. The molecule has 7 nitrogen and oxygen atoms in total. The number of nitrogens with one attached hydrogen (secondary N) is 3. The molecule has 1 amide bonds. The lowest BCUT2D eigenvalue weighted by molar-refractivity contribution is -0.130. The maximum absolute atomic E-state index is 11.6. The Morgan fingerprint density at radius 3 is 2.66 bits per heavy atom. The number of carbonyl (C=O) groups is 1. The molecule has 0 saturated carbocycles. The molecule has 156 valence electrons. The molecule has 3 heterocycles. The summed E-state index contributed by atoms with van der Waals surface area (Å²) in [5, 5.41) is 11.5. The van der Waals surface area contributed by atoms with Gasteiger partial charge >= 0.3 is 0 Å². The van der Waals surface area contributed by atoms with Gasteiger partial charge in [0.2, 0.25) is 5.91 Å². The van der Waals surface area contributed by atoms with Crippen LogP contribution < -0.4 is 16.0 Å². The summed E-state index contributed by atoms with van der Waals surface area (Å²) in [4.78, 5) is 18.2. The number of carbonyl (C=O) groups excluding carboxylic acids is 1. The SMILES string of the molecule is CNC1=CN2C(CN3CCN(C(C)=O)CC3)=C(c3ccc(Cl)cc3Cl)NC2CN1. The Hall–Kier alpha value is -2.09. The Bertz CT molecular complexity index is 863. The first-order chi connectivity index (χ1) is 14.0. The van der Waals surface area contributed by atoms with E-state index in [1.54, 1.807) is 13.0 Å². The molecule has 0 spiro atoms. The number of hydrogen-bond acceptors (Lipinski definition) is 6. The lowest BCUT2D eigenvalue weighted by Crippen LogP contribution is -2.51. The van der Waals surface area contributed by atoms with E-state index in [1.165, 1.54) is 5.70 Å². The molecule has 1 fully saturated rings. The van der Waals surface area contributed by atoms with Crippen molar-refractivity contribution >= 4 is 34.8 Å². The molecule has 1 saturated heterocycles. The van der Waals surface area contributed by atoms with Gasteiger partial charge in [-0.3, -0.25) is 9.69 Å². The Balaban J connectivity index is 1.64. The second kappa shape index (κ2) is 8.34. The van der Waals surface area contributed by atoms with Gasteiger partial charge in [0, 0.05) is 63.5 Å².